The maximum absolute atomic E-state index is 13.7. The summed E-state index contributed by atoms with van der Waals surface area (Å²) in [5.41, 5.74) is 4.87. The lowest BCUT2D eigenvalue weighted by molar-refractivity contribution is -0.137. The summed E-state index contributed by atoms with van der Waals surface area (Å²) in [6, 6.07) is 14.4. The highest BCUT2D eigenvalue weighted by Crippen LogP contribution is 2.39. The van der Waals surface area contributed by atoms with Crippen LogP contribution >= 0.6 is 0 Å². The summed E-state index contributed by atoms with van der Waals surface area (Å²) < 4.78 is 11.6. The molecular weight excluding hydrogens is 492 g/mol. The predicted molar refractivity (Wildman–Crippen MR) is 149 cm³/mol. The second-order valence-electron chi connectivity index (χ2n) is 10.9. The van der Waals surface area contributed by atoms with Crippen LogP contribution in [-0.2, 0) is 17.8 Å². The van der Waals surface area contributed by atoms with Crippen molar-refractivity contribution < 1.29 is 18.7 Å². The largest absolute Gasteiger partial charge is 0.484 e. The van der Waals surface area contributed by atoms with Gasteiger partial charge in [-0.2, -0.15) is 0 Å². The van der Waals surface area contributed by atoms with Crippen molar-refractivity contribution in [1.82, 2.24) is 20.1 Å². The number of amides is 2. The van der Waals surface area contributed by atoms with E-state index in [2.05, 4.69) is 52.5 Å². The zero-order valence-electron chi connectivity index (χ0n) is 23.1. The molecule has 2 aliphatic rings. The molecule has 1 saturated carbocycles. The normalized spacial score (nSPS) is 17.3. The van der Waals surface area contributed by atoms with Crippen LogP contribution in [0.4, 0.5) is 0 Å². The lowest BCUT2D eigenvalue weighted by atomic mass is 9.86. The second-order valence-corrected chi connectivity index (χ2v) is 10.9. The van der Waals surface area contributed by atoms with Crippen LogP contribution in [0.15, 0.2) is 53.1 Å². The Labute approximate surface area is 230 Å². The Morgan fingerprint density at radius 1 is 1.13 bits per heavy atom. The van der Waals surface area contributed by atoms with Gasteiger partial charge in [0.15, 0.2) is 12.3 Å². The van der Waals surface area contributed by atoms with Crippen molar-refractivity contribution in [2.75, 3.05) is 33.7 Å². The number of hydrogen-bond donors (Lipinski definition) is 1. The van der Waals surface area contributed by atoms with Crippen LogP contribution in [0.25, 0.3) is 0 Å². The molecule has 2 heterocycles. The van der Waals surface area contributed by atoms with Crippen LogP contribution in [0.2, 0.25) is 0 Å². The molecule has 2 amide bonds. The lowest BCUT2D eigenvalue weighted by Gasteiger charge is -2.39. The van der Waals surface area contributed by atoms with Gasteiger partial charge in [0.2, 0.25) is 11.8 Å². The average Bonchev–Trinajstić information content (AvgIpc) is 3.64. The number of carbonyl (C=O) groups is 2. The molecule has 0 bridgehead atoms. The van der Waals surface area contributed by atoms with Crippen LogP contribution in [0.5, 0.6) is 5.75 Å². The van der Waals surface area contributed by atoms with Gasteiger partial charge in [-0.25, -0.2) is 4.98 Å². The molecule has 3 aromatic rings. The highest BCUT2D eigenvalue weighted by atomic mass is 16.5. The van der Waals surface area contributed by atoms with Crippen molar-refractivity contribution in [3.05, 3.63) is 82.6 Å². The average molecular weight is 531 g/mol. The van der Waals surface area contributed by atoms with E-state index in [0.717, 1.165) is 56.3 Å². The Balaban J connectivity index is 1.33. The van der Waals surface area contributed by atoms with Crippen LogP contribution in [-0.4, -0.2) is 60.3 Å². The predicted octanol–water partition coefficient (Wildman–Crippen LogP) is 4.52. The summed E-state index contributed by atoms with van der Waals surface area (Å²) in [7, 11) is 3.90. The molecule has 1 N–H and O–H groups in total. The van der Waals surface area contributed by atoms with Crippen molar-refractivity contribution in [3.8, 4) is 5.75 Å². The number of carbonyl (C=O) groups excluding carboxylic acids is 2. The topological polar surface area (TPSA) is 87.9 Å². The van der Waals surface area contributed by atoms with Crippen molar-refractivity contribution in [2.45, 2.75) is 51.7 Å². The zero-order chi connectivity index (χ0) is 27.4. The Morgan fingerprint density at radius 3 is 2.64 bits per heavy atom. The van der Waals surface area contributed by atoms with Crippen LogP contribution < -0.4 is 10.1 Å². The first kappa shape index (κ1) is 26.9. The molecule has 1 aliphatic carbocycles. The van der Waals surface area contributed by atoms with E-state index in [9.17, 15) is 9.59 Å². The minimum Gasteiger partial charge on any atom is -0.484 e. The quantitative estimate of drug-likeness (QED) is 0.438. The lowest BCUT2D eigenvalue weighted by Crippen LogP contribution is -2.43. The Bertz CT molecular complexity index is 1290. The third-order valence-electron chi connectivity index (χ3n) is 7.72. The van der Waals surface area contributed by atoms with Gasteiger partial charge in [-0.3, -0.25) is 9.59 Å². The van der Waals surface area contributed by atoms with Gasteiger partial charge in [0.25, 0.3) is 5.91 Å². The van der Waals surface area contributed by atoms with E-state index >= 15 is 0 Å². The van der Waals surface area contributed by atoms with Crippen LogP contribution in [0, 0.1) is 12.8 Å². The van der Waals surface area contributed by atoms with Gasteiger partial charge in [0.1, 0.15) is 12.0 Å². The first-order valence-electron chi connectivity index (χ1n) is 13.9. The Kier molecular flexibility index (Phi) is 8.31. The minimum atomic E-state index is -0.270. The fourth-order valence-electron chi connectivity index (χ4n) is 5.55. The van der Waals surface area contributed by atoms with Gasteiger partial charge < -0.3 is 24.3 Å². The number of aryl methyl sites for hydroxylation is 1. The smallest absolute Gasteiger partial charge is 0.273 e. The number of nitrogens with one attached hydrogen (secondary N) is 1. The molecule has 206 valence electrons. The maximum atomic E-state index is 13.7. The molecule has 0 saturated heterocycles. The summed E-state index contributed by atoms with van der Waals surface area (Å²) >= 11 is 0. The molecular formula is C31H38N4O4. The molecule has 1 aliphatic heterocycles. The van der Waals surface area contributed by atoms with Crippen molar-refractivity contribution in [3.63, 3.8) is 0 Å². The summed E-state index contributed by atoms with van der Waals surface area (Å²) in [6.07, 6.45) is 6.41. The van der Waals surface area contributed by atoms with Gasteiger partial charge in [-0.1, -0.05) is 48.7 Å². The molecule has 0 radical (unpaired) electrons. The van der Waals surface area contributed by atoms with E-state index < -0.39 is 0 Å². The van der Waals surface area contributed by atoms with Crippen molar-refractivity contribution in [2.24, 2.45) is 5.92 Å². The number of nitrogens with zero attached hydrogens (tertiary/aromatic N) is 3. The van der Waals surface area contributed by atoms with Gasteiger partial charge >= 0.3 is 0 Å². The van der Waals surface area contributed by atoms with Gasteiger partial charge in [0, 0.05) is 25.6 Å². The number of rotatable bonds is 9. The fraction of sp³-hybridized carbons (Fsp3) is 0.452. The van der Waals surface area contributed by atoms with E-state index in [1.54, 1.807) is 0 Å². The van der Waals surface area contributed by atoms with Crippen LogP contribution in [0.1, 0.15) is 70.4 Å². The highest BCUT2D eigenvalue weighted by molar-refractivity contribution is 5.91. The molecule has 1 aromatic heterocycles. The van der Waals surface area contributed by atoms with E-state index in [0.29, 0.717) is 18.2 Å². The van der Waals surface area contributed by atoms with Gasteiger partial charge in [-0.15, -0.1) is 0 Å². The standard InChI is InChI=1S/C31H38N4O4/c1-21-8-10-23(11-9-21)29-26-18-25(13-12-22(26)14-16-35(29)31(37)24-6-4-5-7-24)38-20-28-33-27(19-39-28)30(36)32-15-17-34(2)3/h8-13,18-19,24,29H,4-7,14-17,20H2,1-3H3,(H,32,36). The van der Waals surface area contributed by atoms with Crippen molar-refractivity contribution in [1.29, 1.82) is 0 Å². The molecule has 39 heavy (non-hydrogen) atoms. The third kappa shape index (κ3) is 6.33. The fourth-order valence-corrected chi connectivity index (χ4v) is 5.55. The third-order valence-corrected chi connectivity index (χ3v) is 7.72. The van der Waals surface area contributed by atoms with E-state index in [-0.39, 0.29) is 36.1 Å². The van der Waals surface area contributed by atoms with Gasteiger partial charge in [0.05, 0.1) is 6.04 Å². The Morgan fingerprint density at radius 2 is 1.90 bits per heavy atom. The first-order chi connectivity index (χ1) is 18.9. The van der Waals surface area contributed by atoms with Crippen LogP contribution in [0.3, 0.4) is 0 Å². The van der Waals surface area contributed by atoms with E-state index in [1.165, 1.54) is 17.4 Å². The highest BCUT2D eigenvalue weighted by Gasteiger charge is 2.36. The molecule has 8 nitrogen and oxygen atoms in total. The molecule has 1 atom stereocenters. The molecule has 8 heteroatoms. The number of hydrogen-bond acceptors (Lipinski definition) is 6. The number of aromatic nitrogens is 1. The number of benzene rings is 2. The van der Waals surface area contributed by atoms with E-state index in [4.69, 9.17) is 9.15 Å². The van der Waals surface area contributed by atoms with E-state index in [1.807, 2.05) is 31.1 Å². The van der Waals surface area contributed by atoms with Crippen molar-refractivity contribution >= 4 is 11.8 Å². The summed E-state index contributed by atoms with van der Waals surface area (Å²) in [5, 5.41) is 2.83. The molecule has 1 unspecified atom stereocenters. The maximum Gasteiger partial charge on any atom is 0.273 e. The molecule has 1 fully saturated rings. The monoisotopic (exact) mass is 530 g/mol. The minimum absolute atomic E-state index is 0.101. The zero-order valence-corrected chi connectivity index (χ0v) is 23.1. The van der Waals surface area contributed by atoms with Gasteiger partial charge in [-0.05, 0) is 69.1 Å². The molecule has 5 rings (SSSR count). The number of oxazole rings is 1. The number of fused-ring (bicyclic) bond motifs is 1. The molecule has 2 aromatic carbocycles. The summed E-state index contributed by atoms with van der Waals surface area (Å²) in [6.45, 7) is 4.17. The number of likely N-dealkylation sites (N-methyl/N-ethyl adjacent to an activating group) is 1. The number of ether oxygens (including phenoxy) is 1. The summed E-state index contributed by atoms with van der Waals surface area (Å²) in [5.74, 6) is 1.13. The SMILES string of the molecule is Cc1ccc(C2c3cc(OCc4nc(C(=O)NCCN(C)C)co4)ccc3CCN2C(=O)C2CCCC2)cc1. The molecule has 0 spiro atoms. The first-order valence-corrected chi connectivity index (χ1v) is 13.9. The second kappa shape index (κ2) is 12.0. The Hall–Kier alpha value is -3.65. The summed E-state index contributed by atoms with van der Waals surface area (Å²) in [4.78, 5) is 34.3.